The zero-order valence-electron chi connectivity index (χ0n) is 10.4. The molecule has 3 rings (SSSR count). The quantitative estimate of drug-likeness (QED) is 0.615. The normalized spacial score (nSPS) is 10.7. The van der Waals surface area contributed by atoms with Crippen molar-refractivity contribution in [2.45, 2.75) is 6.92 Å². The van der Waals surface area contributed by atoms with Gasteiger partial charge in [0.1, 0.15) is 0 Å². The Hall–Kier alpha value is -2.28. The van der Waals surface area contributed by atoms with Gasteiger partial charge in [-0.2, -0.15) is 0 Å². The maximum atomic E-state index is 4.24. The molecule has 0 aliphatic carbocycles. The zero-order valence-corrected chi connectivity index (χ0v) is 10.4. The molecule has 0 aliphatic rings. The summed E-state index contributed by atoms with van der Waals surface area (Å²) in [6.07, 6.45) is 0. The van der Waals surface area contributed by atoms with E-state index >= 15 is 0 Å². The lowest BCUT2D eigenvalue weighted by atomic mass is 10.1. The van der Waals surface area contributed by atoms with Gasteiger partial charge in [0, 0.05) is 16.8 Å². The summed E-state index contributed by atoms with van der Waals surface area (Å²) in [5, 5.41) is 1.26. The van der Waals surface area contributed by atoms with Gasteiger partial charge in [-0.25, -0.2) is 0 Å². The monoisotopic (exact) mass is 233 g/mol. The fraction of sp³-hybridized carbons (Fsp3) is 0.0588. The average molecular weight is 233 g/mol. The molecule has 0 amide bonds. The first-order chi connectivity index (χ1) is 8.77. The molecule has 0 bridgehead atoms. The van der Waals surface area contributed by atoms with Crippen molar-refractivity contribution in [2.24, 2.45) is 0 Å². The third-order valence-corrected chi connectivity index (χ3v) is 3.27. The molecule has 0 N–H and O–H groups in total. The lowest BCUT2D eigenvalue weighted by molar-refractivity contribution is 1.09. The average Bonchev–Trinajstić information content (AvgIpc) is 2.75. The molecule has 0 atom stereocenters. The van der Waals surface area contributed by atoms with Gasteiger partial charge in [-0.15, -0.1) is 0 Å². The van der Waals surface area contributed by atoms with Crippen LogP contribution in [-0.2, 0) is 0 Å². The Bertz CT molecular complexity index is 705. The van der Waals surface area contributed by atoms with Crippen LogP contribution < -0.4 is 0 Å². The Morgan fingerprint density at radius 3 is 2.39 bits per heavy atom. The van der Waals surface area contributed by atoms with Gasteiger partial charge < -0.3 is 4.57 Å². The van der Waals surface area contributed by atoms with Crippen LogP contribution in [0.4, 0.5) is 0 Å². The molecule has 0 aliphatic heterocycles. The van der Waals surface area contributed by atoms with Gasteiger partial charge in [0.25, 0.3) is 0 Å². The maximum Gasteiger partial charge on any atom is 0.0531 e. The Balaban J connectivity index is 2.21. The minimum Gasteiger partial charge on any atom is -0.314 e. The van der Waals surface area contributed by atoms with Crippen molar-refractivity contribution in [3.8, 4) is 0 Å². The molecule has 2 aromatic carbocycles. The van der Waals surface area contributed by atoms with E-state index in [0.717, 1.165) is 11.3 Å². The number of aryl methyl sites for hydroxylation is 1. The molecule has 1 heteroatoms. The van der Waals surface area contributed by atoms with Crippen LogP contribution >= 0.6 is 0 Å². The molecule has 1 heterocycles. The fourth-order valence-corrected chi connectivity index (χ4v) is 2.41. The number of aromatic nitrogens is 1. The van der Waals surface area contributed by atoms with Crippen LogP contribution in [0.25, 0.3) is 16.6 Å². The summed E-state index contributed by atoms with van der Waals surface area (Å²) in [5.74, 6) is 0. The minimum atomic E-state index is 1.02. The van der Waals surface area contributed by atoms with E-state index in [-0.39, 0.29) is 0 Å². The summed E-state index contributed by atoms with van der Waals surface area (Å²) < 4.78 is 2.21. The molecule has 0 saturated heterocycles. The van der Waals surface area contributed by atoms with Crippen LogP contribution in [-0.4, -0.2) is 4.57 Å². The second-order valence-corrected chi connectivity index (χ2v) is 4.49. The van der Waals surface area contributed by atoms with Gasteiger partial charge in [-0.3, -0.25) is 0 Å². The lowest BCUT2D eigenvalue weighted by Gasteiger charge is -2.11. The molecule has 0 spiro atoms. The zero-order chi connectivity index (χ0) is 12.5. The van der Waals surface area contributed by atoms with Crippen LogP contribution in [0.2, 0.25) is 0 Å². The summed E-state index contributed by atoms with van der Waals surface area (Å²) in [6, 6.07) is 20.9. The molecule has 18 heavy (non-hydrogen) atoms. The van der Waals surface area contributed by atoms with Crippen LogP contribution in [0.15, 0.2) is 67.2 Å². The molecule has 0 radical (unpaired) electrons. The van der Waals surface area contributed by atoms with Crippen molar-refractivity contribution >= 4 is 16.6 Å². The van der Waals surface area contributed by atoms with E-state index in [0.29, 0.717) is 0 Å². The highest BCUT2D eigenvalue weighted by Gasteiger charge is 2.08. The SMILES string of the molecule is C=C(c1ccccc1)n1c(C)cc2ccccc21. The van der Waals surface area contributed by atoms with Crippen molar-refractivity contribution < 1.29 is 0 Å². The third kappa shape index (κ3) is 1.65. The molecular formula is C17H15N. The van der Waals surface area contributed by atoms with E-state index in [2.05, 4.69) is 60.5 Å². The first-order valence-corrected chi connectivity index (χ1v) is 6.09. The molecular weight excluding hydrogens is 218 g/mol. The lowest BCUT2D eigenvalue weighted by Crippen LogP contribution is -1.99. The van der Waals surface area contributed by atoms with Crippen LogP contribution in [0.1, 0.15) is 11.3 Å². The van der Waals surface area contributed by atoms with E-state index in [1.165, 1.54) is 16.6 Å². The number of rotatable bonds is 2. The van der Waals surface area contributed by atoms with Crippen LogP contribution in [0.3, 0.4) is 0 Å². The molecule has 1 aromatic heterocycles. The molecule has 0 saturated carbocycles. The molecule has 3 aromatic rings. The summed E-state index contributed by atoms with van der Waals surface area (Å²) in [7, 11) is 0. The molecule has 88 valence electrons. The number of para-hydroxylation sites is 1. The summed E-state index contributed by atoms with van der Waals surface area (Å²) in [5.41, 5.74) is 4.60. The third-order valence-electron chi connectivity index (χ3n) is 3.27. The van der Waals surface area contributed by atoms with E-state index in [1.54, 1.807) is 0 Å². The van der Waals surface area contributed by atoms with E-state index < -0.39 is 0 Å². The van der Waals surface area contributed by atoms with Crippen LogP contribution in [0.5, 0.6) is 0 Å². The van der Waals surface area contributed by atoms with Gasteiger partial charge in [-0.05, 0) is 24.6 Å². The highest BCUT2D eigenvalue weighted by atomic mass is 15.0. The van der Waals surface area contributed by atoms with Crippen LogP contribution in [0, 0.1) is 6.92 Å². The number of benzene rings is 2. The predicted molar refractivity (Wildman–Crippen MR) is 77.5 cm³/mol. The second-order valence-electron chi connectivity index (χ2n) is 4.49. The van der Waals surface area contributed by atoms with E-state index in [4.69, 9.17) is 0 Å². The van der Waals surface area contributed by atoms with Gasteiger partial charge in [0.2, 0.25) is 0 Å². The first kappa shape index (κ1) is 10.8. The number of hydrogen-bond acceptors (Lipinski definition) is 0. The number of nitrogens with zero attached hydrogens (tertiary/aromatic N) is 1. The predicted octanol–water partition coefficient (Wildman–Crippen LogP) is 4.47. The fourth-order valence-electron chi connectivity index (χ4n) is 2.41. The van der Waals surface area contributed by atoms with Gasteiger partial charge >= 0.3 is 0 Å². The van der Waals surface area contributed by atoms with Gasteiger partial charge in [0.05, 0.1) is 5.52 Å². The topological polar surface area (TPSA) is 4.93 Å². The molecule has 0 fully saturated rings. The largest absolute Gasteiger partial charge is 0.314 e. The van der Waals surface area contributed by atoms with Gasteiger partial charge in [0.15, 0.2) is 0 Å². The van der Waals surface area contributed by atoms with E-state index in [9.17, 15) is 0 Å². The Labute approximate surface area is 107 Å². The van der Waals surface area contributed by atoms with Crippen molar-refractivity contribution in [1.82, 2.24) is 4.57 Å². The molecule has 1 nitrogen and oxygen atoms in total. The maximum absolute atomic E-state index is 4.24. The van der Waals surface area contributed by atoms with Gasteiger partial charge in [-0.1, -0.05) is 55.1 Å². The summed E-state index contributed by atoms with van der Waals surface area (Å²) >= 11 is 0. The second kappa shape index (κ2) is 4.19. The van der Waals surface area contributed by atoms with E-state index in [1.807, 2.05) is 18.2 Å². The first-order valence-electron chi connectivity index (χ1n) is 6.09. The highest BCUT2D eigenvalue weighted by Crippen LogP contribution is 2.25. The van der Waals surface area contributed by atoms with Crippen molar-refractivity contribution in [1.29, 1.82) is 0 Å². The van der Waals surface area contributed by atoms with Crippen molar-refractivity contribution in [3.63, 3.8) is 0 Å². The van der Waals surface area contributed by atoms with Crippen molar-refractivity contribution in [3.05, 3.63) is 78.5 Å². The highest BCUT2D eigenvalue weighted by molar-refractivity contribution is 5.86. The summed E-state index contributed by atoms with van der Waals surface area (Å²) in [4.78, 5) is 0. The standard InChI is InChI=1S/C17H15N/c1-13-12-16-10-6-7-11-17(16)18(13)14(2)15-8-4-3-5-9-15/h3-12H,2H2,1H3. The van der Waals surface area contributed by atoms with Crippen molar-refractivity contribution in [2.75, 3.05) is 0 Å². The minimum absolute atomic E-state index is 1.02. The Morgan fingerprint density at radius 2 is 1.61 bits per heavy atom. The molecule has 0 unspecified atom stereocenters. The smallest absolute Gasteiger partial charge is 0.0531 e. The Morgan fingerprint density at radius 1 is 0.944 bits per heavy atom. The summed E-state index contributed by atoms with van der Waals surface area (Å²) in [6.45, 7) is 6.36. The Kier molecular flexibility index (Phi) is 2.52. The number of fused-ring (bicyclic) bond motifs is 1. The number of hydrogen-bond donors (Lipinski definition) is 0.